The Hall–Kier alpha value is -1.63. The lowest BCUT2D eigenvalue weighted by Crippen LogP contribution is -2.34. The van der Waals surface area contributed by atoms with Gasteiger partial charge in [0.05, 0.1) is 12.8 Å². The number of hydrogen-bond donors (Lipinski definition) is 1. The molecule has 0 saturated carbocycles. The molecule has 0 aliphatic carbocycles. The van der Waals surface area contributed by atoms with E-state index in [1.54, 1.807) is 17.6 Å². The normalized spacial score (nSPS) is 12.5. The molecule has 23 heavy (non-hydrogen) atoms. The highest BCUT2D eigenvalue weighted by molar-refractivity contribution is 7.07. The van der Waals surface area contributed by atoms with Gasteiger partial charge < -0.3 is 14.3 Å². The highest BCUT2D eigenvalue weighted by atomic mass is 32.1. The van der Waals surface area contributed by atoms with Gasteiger partial charge in [0.2, 0.25) is 0 Å². The van der Waals surface area contributed by atoms with E-state index >= 15 is 0 Å². The van der Waals surface area contributed by atoms with E-state index < -0.39 is 6.10 Å². The smallest absolute Gasteiger partial charge is 0.305 e. The van der Waals surface area contributed by atoms with Crippen molar-refractivity contribution in [1.82, 2.24) is 4.90 Å². The molecule has 0 bridgehead atoms. The minimum Gasteiger partial charge on any atom is -0.468 e. The van der Waals surface area contributed by atoms with E-state index in [0.717, 1.165) is 12.2 Å². The topological polar surface area (TPSA) is 62.9 Å². The lowest BCUT2D eigenvalue weighted by Gasteiger charge is -2.23. The van der Waals surface area contributed by atoms with E-state index in [-0.39, 0.29) is 12.6 Å². The van der Waals surface area contributed by atoms with Crippen LogP contribution in [-0.2, 0) is 22.6 Å². The van der Waals surface area contributed by atoms with E-state index in [1.165, 1.54) is 5.56 Å². The average molecular weight is 337 g/mol. The number of aliphatic hydroxyl groups excluding tert-OH is 1. The van der Waals surface area contributed by atoms with Crippen molar-refractivity contribution in [3.05, 3.63) is 46.5 Å². The van der Waals surface area contributed by atoms with E-state index in [4.69, 9.17) is 9.15 Å². The Kier molecular flexibility index (Phi) is 7.32. The number of carbonyl (C=O) groups is 1. The van der Waals surface area contributed by atoms with Crippen LogP contribution in [0.5, 0.6) is 0 Å². The lowest BCUT2D eigenvalue weighted by molar-refractivity contribution is -0.147. The van der Waals surface area contributed by atoms with E-state index in [9.17, 15) is 9.90 Å². The molecular weight excluding hydrogens is 314 g/mol. The van der Waals surface area contributed by atoms with Crippen molar-refractivity contribution >= 4 is 17.3 Å². The van der Waals surface area contributed by atoms with Crippen LogP contribution in [0.3, 0.4) is 0 Å². The molecule has 2 aromatic heterocycles. The van der Waals surface area contributed by atoms with Crippen molar-refractivity contribution in [3.8, 4) is 0 Å². The van der Waals surface area contributed by atoms with Crippen LogP contribution in [0.25, 0.3) is 0 Å². The Bertz CT molecular complexity index is 517. The van der Waals surface area contributed by atoms with E-state index in [0.29, 0.717) is 26.1 Å². The van der Waals surface area contributed by atoms with Gasteiger partial charge in [-0.05, 0) is 40.9 Å². The molecule has 0 unspecified atom stereocenters. The maximum absolute atomic E-state index is 11.4. The van der Waals surface area contributed by atoms with Crippen LogP contribution in [0, 0.1) is 0 Å². The number of esters is 1. The molecule has 1 N–H and O–H groups in total. The van der Waals surface area contributed by atoms with Gasteiger partial charge in [0.15, 0.2) is 0 Å². The zero-order valence-corrected chi connectivity index (χ0v) is 14.1. The van der Waals surface area contributed by atoms with Gasteiger partial charge >= 0.3 is 5.97 Å². The van der Waals surface area contributed by atoms with Gasteiger partial charge in [0, 0.05) is 19.5 Å². The van der Waals surface area contributed by atoms with Crippen LogP contribution in [0.4, 0.5) is 0 Å². The van der Waals surface area contributed by atoms with Crippen molar-refractivity contribution < 1.29 is 19.1 Å². The quantitative estimate of drug-likeness (QED) is 0.675. The van der Waals surface area contributed by atoms with Gasteiger partial charge in [-0.25, -0.2) is 0 Å². The molecular formula is C17H23NO4S. The molecule has 2 rings (SSSR count). The fraction of sp³-hybridized carbons (Fsp3) is 0.471. The molecule has 0 saturated heterocycles. The fourth-order valence-electron chi connectivity index (χ4n) is 2.26. The Balaban J connectivity index is 1.86. The fourth-order valence-corrected chi connectivity index (χ4v) is 2.92. The first-order valence-corrected chi connectivity index (χ1v) is 8.71. The third-order valence-electron chi connectivity index (χ3n) is 3.31. The molecule has 0 radical (unpaired) electrons. The maximum atomic E-state index is 11.4. The monoisotopic (exact) mass is 337 g/mol. The number of thiophene rings is 1. The number of rotatable bonds is 10. The Morgan fingerprint density at radius 2 is 2.30 bits per heavy atom. The summed E-state index contributed by atoms with van der Waals surface area (Å²) in [6, 6.07) is 5.82. The Labute approximate surface area is 140 Å². The predicted octanol–water partition coefficient (Wildman–Crippen LogP) is 3.05. The van der Waals surface area contributed by atoms with Crippen LogP contribution in [-0.4, -0.2) is 35.2 Å². The number of hydrogen-bond acceptors (Lipinski definition) is 6. The Morgan fingerprint density at radius 3 is 2.96 bits per heavy atom. The van der Waals surface area contributed by atoms with Crippen molar-refractivity contribution in [1.29, 1.82) is 0 Å². The van der Waals surface area contributed by atoms with Gasteiger partial charge in [0.25, 0.3) is 0 Å². The summed E-state index contributed by atoms with van der Waals surface area (Å²) in [4.78, 5) is 13.5. The molecule has 126 valence electrons. The molecule has 0 aliphatic heterocycles. The molecule has 0 spiro atoms. The van der Waals surface area contributed by atoms with Crippen LogP contribution in [0.1, 0.15) is 31.1 Å². The number of aliphatic hydroxyl groups is 1. The molecule has 2 aromatic rings. The standard InChI is InChI=1S/C17H23NO4S/c1-2-4-17(20)22-12-15(19)10-18(9-14-6-8-23-13-14)11-16-5-3-7-21-16/h3,5-8,13,15,19H,2,4,9-12H2,1H3/t15-/m1/s1. The molecule has 0 aromatic carbocycles. The summed E-state index contributed by atoms with van der Waals surface area (Å²) < 4.78 is 10.5. The van der Waals surface area contributed by atoms with Crippen molar-refractivity contribution in [3.63, 3.8) is 0 Å². The number of furan rings is 1. The van der Waals surface area contributed by atoms with Crippen molar-refractivity contribution in [2.75, 3.05) is 13.2 Å². The molecule has 2 heterocycles. The second-order valence-corrected chi connectivity index (χ2v) is 6.25. The van der Waals surface area contributed by atoms with Gasteiger partial charge in [-0.3, -0.25) is 9.69 Å². The first kappa shape index (κ1) is 17.7. The van der Waals surface area contributed by atoms with Crippen LogP contribution < -0.4 is 0 Å². The molecule has 5 nitrogen and oxygen atoms in total. The van der Waals surface area contributed by atoms with Crippen LogP contribution in [0.15, 0.2) is 39.6 Å². The number of nitrogens with zero attached hydrogens (tertiary/aromatic N) is 1. The minimum atomic E-state index is -0.718. The largest absolute Gasteiger partial charge is 0.468 e. The molecule has 1 atom stereocenters. The second kappa shape index (κ2) is 9.50. The molecule has 6 heteroatoms. The summed E-state index contributed by atoms with van der Waals surface area (Å²) in [5, 5.41) is 14.3. The molecule has 0 amide bonds. The van der Waals surface area contributed by atoms with E-state index in [1.807, 2.05) is 24.4 Å². The summed E-state index contributed by atoms with van der Waals surface area (Å²) >= 11 is 1.65. The summed E-state index contributed by atoms with van der Waals surface area (Å²) in [5.41, 5.74) is 1.19. The van der Waals surface area contributed by atoms with Crippen molar-refractivity contribution in [2.24, 2.45) is 0 Å². The minimum absolute atomic E-state index is 0.0249. The summed E-state index contributed by atoms with van der Waals surface area (Å²) in [6.45, 7) is 3.67. The zero-order chi connectivity index (χ0) is 16.5. The third kappa shape index (κ3) is 6.56. The lowest BCUT2D eigenvalue weighted by atomic mass is 10.2. The first-order chi connectivity index (χ1) is 11.2. The van der Waals surface area contributed by atoms with Crippen molar-refractivity contribution in [2.45, 2.75) is 39.0 Å². The molecule has 0 fully saturated rings. The van der Waals surface area contributed by atoms with Crippen LogP contribution >= 0.6 is 11.3 Å². The second-order valence-electron chi connectivity index (χ2n) is 5.47. The van der Waals surface area contributed by atoms with Gasteiger partial charge in [-0.15, -0.1) is 0 Å². The molecule has 0 aliphatic rings. The van der Waals surface area contributed by atoms with Gasteiger partial charge in [0.1, 0.15) is 18.5 Å². The highest BCUT2D eigenvalue weighted by Gasteiger charge is 2.16. The van der Waals surface area contributed by atoms with Gasteiger partial charge in [-0.1, -0.05) is 6.92 Å². The zero-order valence-electron chi connectivity index (χ0n) is 13.3. The highest BCUT2D eigenvalue weighted by Crippen LogP contribution is 2.13. The van der Waals surface area contributed by atoms with E-state index in [2.05, 4.69) is 16.3 Å². The first-order valence-electron chi connectivity index (χ1n) is 7.77. The van der Waals surface area contributed by atoms with Crippen LogP contribution in [0.2, 0.25) is 0 Å². The van der Waals surface area contributed by atoms with Gasteiger partial charge in [-0.2, -0.15) is 11.3 Å². The predicted molar refractivity (Wildman–Crippen MR) is 89.0 cm³/mol. The SMILES string of the molecule is CCCC(=O)OC[C@H](O)CN(Cc1ccsc1)Cc1ccco1. The third-order valence-corrected chi connectivity index (χ3v) is 4.04. The maximum Gasteiger partial charge on any atom is 0.305 e. The summed E-state index contributed by atoms with van der Waals surface area (Å²) in [5.74, 6) is 0.581. The number of ether oxygens (including phenoxy) is 1. The Morgan fingerprint density at radius 1 is 1.43 bits per heavy atom. The summed E-state index contributed by atoms with van der Waals surface area (Å²) in [6.07, 6.45) is 2.06. The summed E-state index contributed by atoms with van der Waals surface area (Å²) in [7, 11) is 0. The average Bonchev–Trinajstić information content (AvgIpc) is 3.19. The number of carbonyl (C=O) groups excluding carboxylic acids is 1.